The number of carboxylic acids is 1. The number of rotatable bonds is 12. The second-order valence-corrected chi connectivity index (χ2v) is 8.02. The molecule has 190 valence electrons. The van der Waals surface area contributed by atoms with E-state index in [2.05, 4.69) is 0 Å². The Kier molecular flexibility index (Phi) is 9.49. The van der Waals surface area contributed by atoms with Crippen LogP contribution >= 0.6 is 0 Å². The Balaban J connectivity index is 2.12. The smallest absolute Gasteiger partial charge is 0.343 e. The van der Waals surface area contributed by atoms with E-state index < -0.39 is 29.3 Å². The molecule has 2 aromatic carbocycles. The third-order valence-corrected chi connectivity index (χ3v) is 5.81. The van der Waals surface area contributed by atoms with E-state index in [1.165, 1.54) is 41.3 Å². The van der Waals surface area contributed by atoms with Gasteiger partial charge in [0.1, 0.15) is 17.1 Å². The Morgan fingerprint density at radius 2 is 1.58 bits per heavy atom. The first kappa shape index (κ1) is 27.8. The Bertz CT molecular complexity index is 1160. The Morgan fingerprint density at radius 3 is 2.06 bits per heavy atom. The number of ether oxygens (including phenoxy) is 1. The number of amidine groups is 1. The van der Waals surface area contributed by atoms with E-state index in [4.69, 9.17) is 21.6 Å². The normalized spacial score (nSPS) is 12.5. The van der Waals surface area contributed by atoms with Crippen molar-refractivity contribution in [1.29, 1.82) is 5.41 Å². The number of benzene rings is 2. The molecule has 0 aromatic heterocycles. The number of nitrogens with one attached hydrogen (secondary N) is 1. The lowest BCUT2D eigenvalue weighted by Crippen LogP contribution is -2.56. The highest BCUT2D eigenvalue weighted by Gasteiger charge is 2.43. The molecule has 0 aliphatic heterocycles. The summed E-state index contributed by atoms with van der Waals surface area (Å²) in [7, 11) is 0. The summed E-state index contributed by atoms with van der Waals surface area (Å²) in [6, 6.07) is 12.5. The molecule has 0 radical (unpaired) electrons. The molecule has 2 aromatic rings. The van der Waals surface area contributed by atoms with Gasteiger partial charge in [0.05, 0.1) is 5.56 Å². The van der Waals surface area contributed by atoms with Crippen LogP contribution in [-0.4, -0.2) is 51.7 Å². The minimum absolute atomic E-state index is 0.0874. The summed E-state index contributed by atoms with van der Waals surface area (Å²) in [5.41, 5.74) is 10.5. The van der Waals surface area contributed by atoms with Crippen LogP contribution in [0.1, 0.15) is 54.6 Å². The van der Waals surface area contributed by atoms with E-state index in [1.807, 2.05) is 0 Å². The zero-order valence-electron chi connectivity index (χ0n) is 20.2. The van der Waals surface area contributed by atoms with Gasteiger partial charge in [-0.25, -0.2) is 9.59 Å². The number of esters is 1. The molecule has 0 unspecified atom stereocenters. The van der Waals surface area contributed by atoms with Gasteiger partial charge in [-0.1, -0.05) is 19.1 Å². The molecule has 1 atom stereocenters. The average Bonchev–Trinajstić information content (AvgIpc) is 2.85. The number of likely N-dealkylation sites (N-methyl/N-ethyl adjacent to an activating group) is 1. The lowest BCUT2D eigenvalue weighted by molar-refractivity contribution is -0.158. The van der Waals surface area contributed by atoms with Gasteiger partial charge in [-0.15, -0.1) is 0 Å². The number of hydrogen-bond donors (Lipinski definition) is 4. The molecule has 0 aliphatic carbocycles. The van der Waals surface area contributed by atoms with Crippen LogP contribution in [0.4, 0.5) is 0 Å². The van der Waals surface area contributed by atoms with Crippen LogP contribution in [0.25, 0.3) is 6.08 Å². The lowest BCUT2D eigenvalue weighted by atomic mass is 9.87. The van der Waals surface area contributed by atoms with E-state index in [1.54, 1.807) is 38.1 Å². The monoisotopic (exact) mass is 494 g/mol. The zero-order valence-corrected chi connectivity index (χ0v) is 20.2. The fourth-order valence-electron chi connectivity index (χ4n) is 3.73. The summed E-state index contributed by atoms with van der Waals surface area (Å²) in [6.07, 6.45) is 2.63. The van der Waals surface area contributed by atoms with Crippen LogP contribution < -0.4 is 16.2 Å². The summed E-state index contributed by atoms with van der Waals surface area (Å²) >= 11 is 0. The summed E-state index contributed by atoms with van der Waals surface area (Å²) < 4.78 is 5.31. The maximum atomic E-state index is 12.9. The van der Waals surface area contributed by atoms with Gasteiger partial charge in [0.15, 0.2) is 0 Å². The van der Waals surface area contributed by atoms with Crippen LogP contribution in [0.2, 0.25) is 0 Å². The number of carbonyl (C=O) groups is 4. The van der Waals surface area contributed by atoms with Crippen LogP contribution in [0, 0.1) is 5.41 Å². The summed E-state index contributed by atoms with van der Waals surface area (Å²) in [4.78, 5) is 49.9. The number of carbonyl (C=O) groups excluding carboxylic acids is 3. The van der Waals surface area contributed by atoms with Crippen LogP contribution in [0.3, 0.4) is 0 Å². The average molecular weight is 495 g/mol. The largest absolute Gasteiger partial charge is 0.479 e. The highest BCUT2D eigenvalue weighted by molar-refractivity contribution is 5.97. The lowest BCUT2D eigenvalue weighted by Gasteiger charge is -2.39. The molecule has 0 spiro atoms. The molecule has 0 saturated heterocycles. The van der Waals surface area contributed by atoms with Crippen molar-refractivity contribution in [2.75, 3.05) is 6.54 Å². The fraction of sp³-hybridized carbons (Fsp3) is 0.269. The van der Waals surface area contributed by atoms with Gasteiger partial charge < -0.3 is 26.2 Å². The highest BCUT2D eigenvalue weighted by atomic mass is 16.5. The fourth-order valence-corrected chi connectivity index (χ4v) is 3.73. The van der Waals surface area contributed by atoms with Crippen molar-refractivity contribution < 1.29 is 29.0 Å². The third-order valence-electron chi connectivity index (χ3n) is 5.81. The molecule has 0 aliphatic rings. The van der Waals surface area contributed by atoms with Crippen molar-refractivity contribution >= 4 is 35.7 Å². The van der Waals surface area contributed by atoms with Crippen molar-refractivity contribution in [3.63, 3.8) is 0 Å². The van der Waals surface area contributed by atoms with Crippen molar-refractivity contribution in [2.45, 2.75) is 38.6 Å². The zero-order chi connectivity index (χ0) is 26.9. The minimum Gasteiger partial charge on any atom is -0.479 e. The summed E-state index contributed by atoms with van der Waals surface area (Å²) in [5.74, 6) is -2.74. The van der Waals surface area contributed by atoms with Gasteiger partial charge in [-0.2, -0.15) is 0 Å². The van der Waals surface area contributed by atoms with Crippen LogP contribution in [0.5, 0.6) is 5.75 Å². The van der Waals surface area contributed by atoms with Gasteiger partial charge in [-0.3, -0.25) is 15.0 Å². The number of aliphatic carboxylic acids is 1. The van der Waals surface area contributed by atoms with Gasteiger partial charge in [-0.05, 0) is 67.8 Å². The molecular weight excluding hydrogens is 464 g/mol. The van der Waals surface area contributed by atoms with E-state index in [9.17, 15) is 24.3 Å². The number of hydrogen-bond acceptors (Lipinski definition) is 6. The Hall–Kier alpha value is -4.47. The maximum absolute atomic E-state index is 12.9. The molecule has 10 heteroatoms. The van der Waals surface area contributed by atoms with Gasteiger partial charge in [0, 0.05) is 24.6 Å². The van der Waals surface area contributed by atoms with E-state index in [0.717, 1.165) is 0 Å². The maximum Gasteiger partial charge on any atom is 0.343 e. The predicted octanol–water partition coefficient (Wildman–Crippen LogP) is 2.55. The van der Waals surface area contributed by atoms with Crippen molar-refractivity contribution in [3.05, 3.63) is 71.3 Å². The van der Waals surface area contributed by atoms with Gasteiger partial charge >= 0.3 is 11.9 Å². The molecular formula is C26H30N4O6. The minimum atomic E-state index is -1.55. The van der Waals surface area contributed by atoms with Crippen LogP contribution in [-0.2, 0) is 14.4 Å². The number of nitrogens with two attached hydrogens (primary N) is 2. The second kappa shape index (κ2) is 12.3. The molecule has 0 saturated carbocycles. The van der Waals surface area contributed by atoms with E-state index in [-0.39, 0.29) is 37.2 Å². The van der Waals surface area contributed by atoms with E-state index >= 15 is 0 Å². The predicted molar refractivity (Wildman–Crippen MR) is 134 cm³/mol. The molecule has 36 heavy (non-hydrogen) atoms. The number of amides is 2. The molecule has 6 N–H and O–H groups in total. The van der Waals surface area contributed by atoms with Crippen molar-refractivity contribution in [2.24, 2.45) is 11.5 Å². The first-order valence-electron chi connectivity index (χ1n) is 11.3. The third kappa shape index (κ3) is 6.78. The van der Waals surface area contributed by atoms with Crippen LogP contribution in [0.15, 0.2) is 54.6 Å². The molecule has 10 nitrogen and oxygen atoms in total. The number of nitrogen functional groups attached to an aromatic ring is 1. The first-order valence-corrected chi connectivity index (χ1v) is 11.3. The van der Waals surface area contributed by atoms with Crippen molar-refractivity contribution in [1.82, 2.24) is 4.90 Å². The quantitative estimate of drug-likeness (QED) is 0.115. The summed E-state index contributed by atoms with van der Waals surface area (Å²) in [5, 5.41) is 17.3. The van der Waals surface area contributed by atoms with E-state index in [0.29, 0.717) is 16.9 Å². The molecule has 0 heterocycles. The number of primary amides is 1. The number of nitrogens with zero attached hydrogens (tertiary/aromatic N) is 1. The molecule has 2 amide bonds. The molecule has 2 rings (SSSR count). The topological polar surface area (TPSA) is 177 Å². The van der Waals surface area contributed by atoms with Crippen molar-refractivity contribution in [3.8, 4) is 5.75 Å². The first-order chi connectivity index (χ1) is 17.0. The molecule has 0 fully saturated rings. The van der Waals surface area contributed by atoms with Gasteiger partial charge in [0.25, 0.3) is 0 Å². The highest BCUT2D eigenvalue weighted by Crippen LogP contribution is 2.27. The summed E-state index contributed by atoms with van der Waals surface area (Å²) in [6.45, 7) is 3.43. The Labute approximate surface area is 209 Å². The standard InChI is InChI=1S/C26H30N4O6/c1-3-26(25(34)35,16-15-21(27)31)30(4-2)22(32)14-7-17-5-8-19(9-6-17)24(33)36-20-12-10-18(11-13-20)23(28)29/h5-14H,3-4,15-16H2,1-2H3,(H2,27,31)(H3,28,29)(H,34,35)/t26-/m0/s1. The molecule has 0 bridgehead atoms. The second-order valence-electron chi connectivity index (χ2n) is 8.02. The SMILES string of the molecule is CCN(C(=O)C=Cc1ccc(C(=O)Oc2ccc(C(=N)N)cc2)cc1)[C@@](CC)(CCC(N)=O)C(=O)O. The number of carboxylic acid groups (broad SMARTS) is 1. The van der Waals surface area contributed by atoms with Gasteiger partial charge in [0.2, 0.25) is 11.8 Å². The Morgan fingerprint density at radius 1 is 1.00 bits per heavy atom.